The maximum atomic E-state index is 13.2. The molecule has 0 radical (unpaired) electrons. The monoisotopic (exact) mass is 409 g/mol. The van der Waals surface area contributed by atoms with E-state index in [0.717, 1.165) is 33.8 Å². The molecule has 4 rings (SSSR count). The molecule has 0 aliphatic carbocycles. The molecule has 1 aromatic heterocycles. The minimum Gasteiger partial charge on any atom is -0.494 e. The summed E-state index contributed by atoms with van der Waals surface area (Å²) >= 11 is 1.31. The molecule has 0 saturated carbocycles. The van der Waals surface area contributed by atoms with Crippen LogP contribution in [0.5, 0.6) is 5.75 Å². The number of thioether (sulfide) groups is 1. The molecule has 1 unspecified atom stereocenters. The van der Waals surface area contributed by atoms with E-state index >= 15 is 0 Å². The summed E-state index contributed by atoms with van der Waals surface area (Å²) in [6.45, 7) is 8.50. The number of imide groups is 1. The highest BCUT2D eigenvalue weighted by Crippen LogP contribution is 2.46. The molecule has 1 fully saturated rings. The van der Waals surface area contributed by atoms with E-state index in [1.54, 1.807) is 24.3 Å². The van der Waals surface area contributed by atoms with Crippen molar-refractivity contribution in [2.24, 2.45) is 5.73 Å². The zero-order valence-corrected chi connectivity index (χ0v) is 17.7. The quantitative estimate of drug-likeness (QED) is 0.779. The van der Waals surface area contributed by atoms with Crippen LogP contribution in [0, 0.1) is 13.8 Å². The number of anilines is 1. The van der Waals surface area contributed by atoms with Crippen molar-refractivity contribution in [1.29, 1.82) is 0 Å². The van der Waals surface area contributed by atoms with Crippen molar-refractivity contribution in [2.75, 3.05) is 11.5 Å². The molecule has 2 aromatic rings. The Morgan fingerprint density at radius 2 is 1.86 bits per heavy atom. The van der Waals surface area contributed by atoms with Crippen LogP contribution in [-0.4, -0.2) is 28.7 Å². The lowest BCUT2D eigenvalue weighted by atomic mass is 9.96. The van der Waals surface area contributed by atoms with Gasteiger partial charge in [0.2, 0.25) is 0 Å². The first-order valence-electron chi connectivity index (χ1n) is 9.66. The number of hydrogen-bond donors (Lipinski definition) is 1. The number of ether oxygens (including phenoxy) is 1. The first kappa shape index (κ1) is 19.5. The van der Waals surface area contributed by atoms with Crippen LogP contribution in [0.25, 0.3) is 5.70 Å². The summed E-state index contributed by atoms with van der Waals surface area (Å²) in [4.78, 5) is 32.3. The van der Waals surface area contributed by atoms with Gasteiger partial charge in [0, 0.05) is 11.3 Å². The van der Waals surface area contributed by atoms with Crippen molar-refractivity contribution in [3.05, 3.63) is 52.2 Å². The summed E-state index contributed by atoms with van der Waals surface area (Å²) in [6, 6.07) is 6.94. The molecule has 7 heteroatoms. The summed E-state index contributed by atoms with van der Waals surface area (Å²) < 4.78 is 5.45. The van der Waals surface area contributed by atoms with Crippen LogP contribution in [0.15, 0.2) is 34.9 Å². The standard InChI is InChI=1S/C22H23N3O3S/c1-5-15-11(3)16-18(23)17-19(29-20(16)24-12(15)4)22(27)25(21(17)26)13-7-9-14(10-8-13)28-6-2/h7-10,19H,5-6,23H2,1-4H3. The molecule has 29 heavy (non-hydrogen) atoms. The van der Waals surface area contributed by atoms with Crippen molar-refractivity contribution in [3.8, 4) is 5.75 Å². The highest BCUT2D eigenvalue weighted by molar-refractivity contribution is 8.01. The third-order valence-electron chi connectivity index (χ3n) is 5.44. The Labute approximate surface area is 174 Å². The third kappa shape index (κ3) is 2.92. The van der Waals surface area contributed by atoms with Crippen LogP contribution in [0.4, 0.5) is 5.69 Å². The zero-order valence-electron chi connectivity index (χ0n) is 16.9. The van der Waals surface area contributed by atoms with Crippen LogP contribution >= 0.6 is 11.8 Å². The topological polar surface area (TPSA) is 85.5 Å². The molecular weight excluding hydrogens is 386 g/mol. The number of hydrogen-bond acceptors (Lipinski definition) is 6. The maximum Gasteiger partial charge on any atom is 0.264 e. The molecule has 3 heterocycles. The van der Waals surface area contributed by atoms with Crippen LogP contribution in [0.2, 0.25) is 0 Å². The molecule has 2 amide bonds. The van der Waals surface area contributed by atoms with Gasteiger partial charge in [0.1, 0.15) is 16.0 Å². The number of benzene rings is 1. The lowest BCUT2D eigenvalue weighted by Gasteiger charge is -2.24. The smallest absolute Gasteiger partial charge is 0.264 e. The minimum absolute atomic E-state index is 0.288. The Kier molecular flexibility index (Phi) is 4.86. The SMILES string of the molecule is CCOc1ccc(N2C(=O)C3=C(N)c4c(nc(C)c(CC)c4C)SC3C2=O)cc1. The first-order valence-corrected chi connectivity index (χ1v) is 10.5. The second-order valence-electron chi connectivity index (χ2n) is 7.07. The first-order chi connectivity index (χ1) is 13.9. The second kappa shape index (κ2) is 7.22. The third-order valence-corrected chi connectivity index (χ3v) is 6.63. The fourth-order valence-electron chi connectivity index (χ4n) is 4.07. The predicted octanol–water partition coefficient (Wildman–Crippen LogP) is 3.38. The Bertz CT molecular complexity index is 1060. The van der Waals surface area contributed by atoms with Gasteiger partial charge < -0.3 is 10.5 Å². The van der Waals surface area contributed by atoms with Crippen LogP contribution in [-0.2, 0) is 16.0 Å². The number of fused-ring (bicyclic) bond motifs is 2. The highest BCUT2D eigenvalue weighted by Gasteiger charge is 2.49. The number of aryl methyl sites for hydroxylation is 1. The molecule has 1 saturated heterocycles. The van der Waals surface area contributed by atoms with E-state index in [-0.39, 0.29) is 11.8 Å². The van der Waals surface area contributed by atoms with Gasteiger partial charge in [-0.25, -0.2) is 9.88 Å². The zero-order chi connectivity index (χ0) is 20.9. The van der Waals surface area contributed by atoms with Gasteiger partial charge >= 0.3 is 0 Å². The largest absolute Gasteiger partial charge is 0.494 e. The Hall–Kier alpha value is -2.80. The highest BCUT2D eigenvalue weighted by atomic mass is 32.2. The van der Waals surface area contributed by atoms with Crippen molar-refractivity contribution in [1.82, 2.24) is 4.98 Å². The van der Waals surface area contributed by atoms with Crippen molar-refractivity contribution in [2.45, 2.75) is 44.4 Å². The number of nitrogens with zero attached hydrogens (tertiary/aromatic N) is 2. The molecule has 2 aliphatic rings. The van der Waals surface area contributed by atoms with E-state index in [2.05, 4.69) is 6.92 Å². The van der Waals surface area contributed by atoms with E-state index < -0.39 is 5.25 Å². The number of pyridine rings is 1. The average molecular weight is 410 g/mol. The number of amides is 2. The van der Waals surface area contributed by atoms with E-state index in [1.807, 2.05) is 20.8 Å². The van der Waals surface area contributed by atoms with E-state index in [1.165, 1.54) is 16.7 Å². The van der Waals surface area contributed by atoms with Gasteiger partial charge in [0.25, 0.3) is 11.8 Å². The van der Waals surface area contributed by atoms with Crippen molar-refractivity contribution >= 4 is 35.0 Å². The molecular formula is C22H23N3O3S. The summed E-state index contributed by atoms with van der Waals surface area (Å²) in [5.74, 6) is 0.0398. The van der Waals surface area contributed by atoms with Gasteiger partial charge in [0.15, 0.2) is 0 Å². The number of nitrogens with two attached hydrogens (primary N) is 1. The molecule has 150 valence electrons. The number of aromatic nitrogens is 1. The summed E-state index contributed by atoms with van der Waals surface area (Å²) in [5, 5.41) is 0.0542. The normalized spacial score (nSPS) is 18.2. The summed E-state index contributed by atoms with van der Waals surface area (Å²) in [5.41, 5.74) is 11.6. The molecule has 2 N–H and O–H groups in total. The number of rotatable bonds is 4. The average Bonchev–Trinajstić information content (AvgIpc) is 2.93. The fourth-order valence-corrected chi connectivity index (χ4v) is 5.42. The van der Waals surface area contributed by atoms with Gasteiger partial charge in [-0.3, -0.25) is 9.59 Å². The number of carbonyl (C=O) groups is 2. The van der Waals surface area contributed by atoms with Crippen LogP contribution in [0.3, 0.4) is 0 Å². The molecule has 0 spiro atoms. The summed E-state index contributed by atoms with van der Waals surface area (Å²) in [6.07, 6.45) is 0.833. The van der Waals surface area contributed by atoms with Crippen LogP contribution in [0.1, 0.15) is 36.2 Å². The number of carbonyl (C=O) groups excluding carboxylic acids is 2. The maximum absolute atomic E-state index is 13.2. The van der Waals surface area contributed by atoms with Gasteiger partial charge in [-0.05, 0) is 62.6 Å². The lowest BCUT2D eigenvalue weighted by Crippen LogP contribution is -2.31. The van der Waals surface area contributed by atoms with Crippen LogP contribution < -0.4 is 15.4 Å². The van der Waals surface area contributed by atoms with E-state index in [4.69, 9.17) is 15.5 Å². The Balaban J connectivity index is 1.79. The van der Waals surface area contributed by atoms with Gasteiger partial charge in [-0.15, -0.1) is 0 Å². The van der Waals surface area contributed by atoms with E-state index in [0.29, 0.717) is 29.3 Å². The van der Waals surface area contributed by atoms with Crippen molar-refractivity contribution in [3.63, 3.8) is 0 Å². The summed E-state index contributed by atoms with van der Waals surface area (Å²) in [7, 11) is 0. The van der Waals surface area contributed by atoms with Gasteiger partial charge in [-0.2, -0.15) is 0 Å². The molecule has 1 aromatic carbocycles. The molecule has 0 bridgehead atoms. The molecule has 2 aliphatic heterocycles. The van der Waals surface area contributed by atoms with E-state index in [9.17, 15) is 9.59 Å². The Morgan fingerprint density at radius 3 is 2.48 bits per heavy atom. The second-order valence-corrected chi connectivity index (χ2v) is 8.16. The fraction of sp³-hybridized carbons (Fsp3) is 0.318. The Morgan fingerprint density at radius 1 is 1.17 bits per heavy atom. The predicted molar refractivity (Wildman–Crippen MR) is 114 cm³/mol. The minimum atomic E-state index is -0.666. The van der Waals surface area contributed by atoms with Gasteiger partial charge in [0.05, 0.1) is 23.6 Å². The molecule has 6 nitrogen and oxygen atoms in total. The molecule has 1 atom stereocenters. The lowest BCUT2D eigenvalue weighted by molar-refractivity contribution is -0.120. The van der Waals surface area contributed by atoms with Gasteiger partial charge in [-0.1, -0.05) is 18.7 Å². The van der Waals surface area contributed by atoms with Crippen molar-refractivity contribution < 1.29 is 14.3 Å².